The van der Waals surface area contributed by atoms with Crippen LogP contribution in [0.25, 0.3) is 22.7 Å². The molecule has 104 valence electrons. The summed E-state index contributed by atoms with van der Waals surface area (Å²) in [4.78, 5) is 0. The summed E-state index contributed by atoms with van der Waals surface area (Å²) >= 11 is 2.40. The van der Waals surface area contributed by atoms with Gasteiger partial charge in [-0.15, -0.1) is 0 Å². The fraction of sp³-hybridized carbons (Fsp3) is 0.158. The Hall–Kier alpha value is -1.55. The van der Waals surface area contributed by atoms with Gasteiger partial charge >= 0.3 is 0 Å². The second-order valence-corrected chi connectivity index (χ2v) is 6.98. The van der Waals surface area contributed by atoms with Gasteiger partial charge in [0.05, 0.1) is 5.52 Å². The van der Waals surface area contributed by atoms with E-state index < -0.39 is 0 Å². The van der Waals surface area contributed by atoms with Gasteiger partial charge in [0, 0.05) is 25.9 Å². The minimum absolute atomic E-state index is 0.600. The third kappa shape index (κ3) is 2.13. The molecule has 1 aliphatic carbocycles. The Labute approximate surface area is 138 Å². The second-order valence-electron chi connectivity index (χ2n) is 5.73. The standard InChI is InChI=1S/C19H16IN/c1-13-7-9-16-17-12-14(20)8-10-18(17)21(19(16)11-13)15-5-3-2-4-6-15/h2-10,12-13H,11H2,1H3. The molecule has 2 aromatic carbocycles. The fourth-order valence-electron chi connectivity index (χ4n) is 3.23. The van der Waals surface area contributed by atoms with Gasteiger partial charge < -0.3 is 4.57 Å². The smallest absolute Gasteiger partial charge is 0.0538 e. The van der Waals surface area contributed by atoms with Crippen LogP contribution < -0.4 is 0 Å². The summed E-state index contributed by atoms with van der Waals surface area (Å²) in [7, 11) is 0. The van der Waals surface area contributed by atoms with E-state index >= 15 is 0 Å². The molecule has 0 spiro atoms. The molecule has 21 heavy (non-hydrogen) atoms. The molecular weight excluding hydrogens is 369 g/mol. The number of aromatic nitrogens is 1. The highest BCUT2D eigenvalue weighted by atomic mass is 127. The lowest BCUT2D eigenvalue weighted by molar-refractivity contribution is 0.690. The molecule has 1 unspecified atom stereocenters. The topological polar surface area (TPSA) is 4.93 Å². The lowest BCUT2D eigenvalue weighted by Crippen LogP contribution is -2.08. The molecule has 0 N–H and O–H groups in total. The van der Waals surface area contributed by atoms with Crippen LogP contribution in [0.1, 0.15) is 18.2 Å². The van der Waals surface area contributed by atoms with Crippen molar-refractivity contribution in [3.63, 3.8) is 0 Å². The lowest BCUT2D eigenvalue weighted by Gasteiger charge is -2.17. The minimum Gasteiger partial charge on any atom is -0.313 e. The van der Waals surface area contributed by atoms with Crippen LogP contribution in [0, 0.1) is 9.49 Å². The van der Waals surface area contributed by atoms with Gasteiger partial charge in [-0.05, 0) is 65.3 Å². The molecule has 0 aliphatic heterocycles. The van der Waals surface area contributed by atoms with Crippen LogP contribution in [-0.4, -0.2) is 4.57 Å². The zero-order chi connectivity index (χ0) is 14.4. The van der Waals surface area contributed by atoms with E-state index in [2.05, 4.69) is 94.8 Å². The van der Waals surface area contributed by atoms with Gasteiger partial charge in [-0.1, -0.05) is 37.3 Å². The van der Waals surface area contributed by atoms with Gasteiger partial charge in [-0.3, -0.25) is 0 Å². The van der Waals surface area contributed by atoms with Crippen molar-refractivity contribution >= 4 is 39.6 Å². The Bertz CT molecular complexity index is 843. The molecule has 4 rings (SSSR count). The second kappa shape index (κ2) is 5.02. The first-order valence-electron chi connectivity index (χ1n) is 7.30. The SMILES string of the molecule is CC1C=Cc2c(n(-c3ccccc3)c3ccc(I)cc23)C1. The van der Waals surface area contributed by atoms with Gasteiger partial charge in [0.15, 0.2) is 0 Å². The zero-order valence-corrected chi connectivity index (χ0v) is 14.0. The Morgan fingerprint density at radius 3 is 2.71 bits per heavy atom. The molecule has 0 fully saturated rings. The maximum atomic E-state index is 2.43. The van der Waals surface area contributed by atoms with E-state index in [0.29, 0.717) is 5.92 Å². The van der Waals surface area contributed by atoms with Crippen LogP contribution in [0.4, 0.5) is 0 Å². The average molecular weight is 385 g/mol. The predicted octanol–water partition coefficient (Wildman–Crippen LogP) is 5.44. The third-order valence-electron chi connectivity index (χ3n) is 4.19. The molecule has 1 aromatic heterocycles. The quantitative estimate of drug-likeness (QED) is 0.492. The van der Waals surface area contributed by atoms with E-state index in [0.717, 1.165) is 6.42 Å². The molecule has 0 saturated heterocycles. The maximum absolute atomic E-state index is 2.43. The Morgan fingerprint density at radius 1 is 1.10 bits per heavy atom. The number of fused-ring (bicyclic) bond motifs is 3. The van der Waals surface area contributed by atoms with Gasteiger partial charge in [-0.25, -0.2) is 0 Å². The highest BCUT2D eigenvalue weighted by molar-refractivity contribution is 14.1. The van der Waals surface area contributed by atoms with Crippen molar-refractivity contribution in [2.45, 2.75) is 13.3 Å². The maximum Gasteiger partial charge on any atom is 0.0538 e. The van der Waals surface area contributed by atoms with Crippen molar-refractivity contribution in [3.05, 3.63) is 69.4 Å². The molecule has 0 bridgehead atoms. The van der Waals surface area contributed by atoms with Crippen molar-refractivity contribution in [3.8, 4) is 5.69 Å². The van der Waals surface area contributed by atoms with Crippen LogP contribution in [0.15, 0.2) is 54.6 Å². The van der Waals surface area contributed by atoms with Gasteiger partial charge in [-0.2, -0.15) is 0 Å². The van der Waals surface area contributed by atoms with Crippen LogP contribution in [0.5, 0.6) is 0 Å². The molecule has 1 nitrogen and oxygen atoms in total. The normalized spacial score (nSPS) is 17.1. The van der Waals surface area contributed by atoms with Crippen molar-refractivity contribution in [1.82, 2.24) is 4.57 Å². The Kier molecular flexibility index (Phi) is 3.14. The van der Waals surface area contributed by atoms with Gasteiger partial charge in [0.1, 0.15) is 0 Å². The van der Waals surface area contributed by atoms with E-state index in [4.69, 9.17) is 0 Å². The van der Waals surface area contributed by atoms with E-state index in [1.807, 2.05) is 0 Å². The minimum atomic E-state index is 0.600. The summed E-state index contributed by atoms with van der Waals surface area (Å²) in [6, 6.07) is 17.4. The number of rotatable bonds is 1. The highest BCUT2D eigenvalue weighted by Gasteiger charge is 2.20. The van der Waals surface area contributed by atoms with Crippen molar-refractivity contribution in [1.29, 1.82) is 0 Å². The van der Waals surface area contributed by atoms with Crippen LogP contribution in [0.3, 0.4) is 0 Å². The molecular formula is C19H16IN. The largest absolute Gasteiger partial charge is 0.313 e. The van der Waals surface area contributed by atoms with E-state index in [1.54, 1.807) is 0 Å². The molecule has 0 amide bonds. The summed E-state index contributed by atoms with van der Waals surface area (Å²) in [5, 5.41) is 1.36. The first kappa shape index (κ1) is 13.1. The summed E-state index contributed by atoms with van der Waals surface area (Å²) < 4.78 is 3.72. The Morgan fingerprint density at radius 2 is 1.90 bits per heavy atom. The molecule has 1 atom stereocenters. The number of benzene rings is 2. The van der Waals surface area contributed by atoms with E-state index in [1.165, 1.54) is 31.4 Å². The summed E-state index contributed by atoms with van der Waals surface area (Å²) in [5.74, 6) is 0.600. The first-order valence-corrected chi connectivity index (χ1v) is 8.38. The molecule has 3 aromatic rings. The number of para-hydroxylation sites is 1. The molecule has 1 aliphatic rings. The summed E-state index contributed by atoms with van der Waals surface area (Å²) in [6.45, 7) is 2.29. The van der Waals surface area contributed by atoms with E-state index in [-0.39, 0.29) is 0 Å². The molecule has 0 radical (unpaired) electrons. The van der Waals surface area contributed by atoms with Crippen LogP contribution in [-0.2, 0) is 6.42 Å². The number of allylic oxidation sites excluding steroid dienone is 1. The molecule has 0 saturated carbocycles. The average Bonchev–Trinajstić information content (AvgIpc) is 2.81. The number of hydrogen-bond donors (Lipinski definition) is 0. The van der Waals surface area contributed by atoms with Gasteiger partial charge in [0.25, 0.3) is 0 Å². The van der Waals surface area contributed by atoms with Gasteiger partial charge in [0.2, 0.25) is 0 Å². The van der Waals surface area contributed by atoms with Crippen molar-refractivity contribution < 1.29 is 0 Å². The van der Waals surface area contributed by atoms with Crippen molar-refractivity contribution in [2.24, 2.45) is 5.92 Å². The third-order valence-corrected chi connectivity index (χ3v) is 4.86. The predicted molar refractivity (Wildman–Crippen MR) is 97.9 cm³/mol. The first-order chi connectivity index (χ1) is 10.2. The van der Waals surface area contributed by atoms with E-state index in [9.17, 15) is 0 Å². The highest BCUT2D eigenvalue weighted by Crippen LogP contribution is 2.35. The molecule has 1 heterocycles. The van der Waals surface area contributed by atoms with Crippen LogP contribution in [0.2, 0.25) is 0 Å². The zero-order valence-electron chi connectivity index (χ0n) is 11.9. The monoisotopic (exact) mass is 385 g/mol. The number of hydrogen-bond acceptors (Lipinski definition) is 0. The number of nitrogens with zero attached hydrogens (tertiary/aromatic N) is 1. The lowest BCUT2D eigenvalue weighted by atomic mass is 9.95. The summed E-state index contributed by atoms with van der Waals surface area (Å²) in [6.07, 6.45) is 5.74. The Balaban J connectivity index is 2.10. The van der Waals surface area contributed by atoms with Crippen molar-refractivity contribution in [2.75, 3.05) is 0 Å². The number of halogens is 1. The fourth-order valence-corrected chi connectivity index (χ4v) is 3.72. The summed E-state index contributed by atoms with van der Waals surface area (Å²) in [5.41, 5.74) is 5.40. The molecule has 2 heteroatoms. The van der Waals surface area contributed by atoms with Crippen LogP contribution >= 0.6 is 22.6 Å².